The lowest BCUT2D eigenvalue weighted by Gasteiger charge is -2.14. The normalized spacial score (nSPS) is 10.1. The van der Waals surface area contributed by atoms with Crippen LogP contribution >= 0.6 is 11.3 Å². The molecule has 7 heteroatoms. The first-order valence-electron chi connectivity index (χ1n) is 6.71. The van der Waals surface area contributed by atoms with Crippen molar-refractivity contribution in [3.05, 3.63) is 39.6 Å². The Kier molecular flexibility index (Phi) is 5.23. The third kappa shape index (κ3) is 3.45. The average molecular weight is 335 g/mol. The number of aryl methyl sites for hydroxylation is 1. The minimum absolute atomic E-state index is 0.188. The Balaban J connectivity index is 2.45. The Morgan fingerprint density at radius 1 is 1.09 bits per heavy atom. The van der Waals surface area contributed by atoms with Gasteiger partial charge < -0.3 is 19.5 Å². The highest BCUT2D eigenvalue weighted by molar-refractivity contribution is 7.12. The summed E-state index contributed by atoms with van der Waals surface area (Å²) >= 11 is 1.33. The maximum Gasteiger partial charge on any atom is 0.340 e. The van der Waals surface area contributed by atoms with E-state index < -0.39 is 5.97 Å². The van der Waals surface area contributed by atoms with E-state index in [4.69, 9.17) is 14.2 Å². The number of rotatable bonds is 5. The predicted molar refractivity (Wildman–Crippen MR) is 87.9 cm³/mol. The molecule has 0 aliphatic carbocycles. The van der Waals surface area contributed by atoms with Crippen molar-refractivity contribution in [2.45, 2.75) is 6.92 Å². The van der Waals surface area contributed by atoms with Crippen LogP contribution in [0.1, 0.15) is 25.6 Å². The second-order valence-corrected chi connectivity index (χ2v) is 5.55. The summed E-state index contributed by atoms with van der Waals surface area (Å²) in [6.45, 7) is 1.85. The molecule has 6 nitrogen and oxygen atoms in total. The van der Waals surface area contributed by atoms with Crippen LogP contribution in [0.5, 0.6) is 11.5 Å². The van der Waals surface area contributed by atoms with Gasteiger partial charge in [0.25, 0.3) is 5.91 Å². The first kappa shape index (κ1) is 16.8. The molecule has 0 aliphatic rings. The third-order valence-electron chi connectivity index (χ3n) is 3.25. The minimum Gasteiger partial charge on any atom is -0.493 e. The summed E-state index contributed by atoms with van der Waals surface area (Å²) in [7, 11) is 4.21. The van der Waals surface area contributed by atoms with Crippen molar-refractivity contribution in [3.63, 3.8) is 0 Å². The molecule has 0 saturated heterocycles. The number of ether oxygens (including phenoxy) is 3. The summed E-state index contributed by atoms with van der Waals surface area (Å²) in [4.78, 5) is 24.9. The summed E-state index contributed by atoms with van der Waals surface area (Å²) < 4.78 is 15.2. The zero-order valence-electron chi connectivity index (χ0n) is 13.3. The first-order chi connectivity index (χ1) is 11.0. The second-order valence-electron chi connectivity index (χ2n) is 4.63. The van der Waals surface area contributed by atoms with Gasteiger partial charge in [-0.15, -0.1) is 11.3 Å². The SMILES string of the molecule is COC(=O)c1cc(OC)c(OC)cc1NC(=O)c1sccc1C. The van der Waals surface area contributed by atoms with E-state index in [9.17, 15) is 9.59 Å². The molecule has 0 radical (unpaired) electrons. The molecule has 2 aromatic rings. The van der Waals surface area contributed by atoms with E-state index in [1.54, 1.807) is 0 Å². The molecule has 1 heterocycles. The Morgan fingerprint density at radius 2 is 1.74 bits per heavy atom. The number of amides is 1. The van der Waals surface area contributed by atoms with Crippen LogP contribution in [0.25, 0.3) is 0 Å². The first-order valence-corrected chi connectivity index (χ1v) is 7.59. The Bertz CT molecular complexity index is 738. The van der Waals surface area contributed by atoms with Crippen LogP contribution in [0.15, 0.2) is 23.6 Å². The fourth-order valence-corrected chi connectivity index (χ4v) is 2.87. The van der Waals surface area contributed by atoms with Crippen molar-refractivity contribution >= 4 is 28.9 Å². The molecule has 0 fully saturated rings. The quantitative estimate of drug-likeness (QED) is 0.850. The van der Waals surface area contributed by atoms with E-state index in [0.717, 1.165) is 5.56 Å². The largest absolute Gasteiger partial charge is 0.493 e. The zero-order chi connectivity index (χ0) is 17.0. The summed E-state index contributed by atoms with van der Waals surface area (Å²) in [6, 6.07) is 4.86. The van der Waals surface area contributed by atoms with Gasteiger partial charge in [-0.25, -0.2) is 4.79 Å². The average Bonchev–Trinajstić information content (AvgIpc) is 2.99. The van der Waals surface area contributed by atoms with Crippen LogP contribution in [0.4, 0.5) is 5.69 Å². The fraction of sp³-hybridized carbons (Fsp3) is 0.250. The smallest absolute Gasteiger partial charge is 0.340 e. The Labute approximate surface area is 138 Å². The van der Waals surface area contributed by atoms with Gasteiger partial charge in [0.05, 0.1) is 37.5 Å². The summed E-state index contributed by atoms with van der Waals surface area (Å²) in [5, 5.41) is 4.56. The molecular weight excluding hydrogens is 318 g/mol. The van der Waals surface area contributed by atoms with Gasteiger partial charge in [-0.1, -0.05) is 0 Å². The van der Waals surface area contributed by atoms with Gasteiger partial charge in [-0.2, -0.15) is 0 Å². The Hall–Kier alpha value is -2.54. The number of carbonyl (C=O) groups is 2. The van der Waals surface area contributed by atoms with E-state index in [-0.39, 0.29) is 11.5 Å². The number of thiophene rings is 1. The molecule has 0 atom stereocenters. The summed E-state index contributed by atoms with van der Waals surface area (Å²) in [5.74, 6) is -0.101. The van der Waals surface area contributed by atoms with E-state index >= 15 is 0 Å². The van der Waals surface area contributed by atoms with Gasteiger partial charge in [0.15, 0.2) is 11.5 Å². The maximum absolute atomic E-state index is 12.4. The van der Waals surface area contributed by atoms with Crippen LogP contribution in [0.2, 0.25) is 0 Å². The number of carbonyl (C=O) groups excluding carboxylic acids is 2. The fourth-order valence-electron chi connectivity index (χ4n) is 2.05. The van der Waals surface area contributed by atoms with Gasteiger partial charge >= 0.3 is 5.97 Å². The van der Waals surface area contributed by atoms with Crippen molar-refractivity contribution in [1.82, 2.24) is 0 Å². The number of anilines is 1. The molecule has 0 spiro atoms. The number of hydrogen-bond donors (Lipinski definition) is 1. The van der Waals surface area contributed by atoms with Crippen molar-refractivity contribution in [2.24, 2.45) is 0 Å². The van der Waals surface area contributed by atoms with E-state index in [1.165, 1.54) is 44.8 Å². The summed E-state index contributed by atoms with van der Waals surface area (Å²) in [5.41, 5.74) is 1.35. The number of esters is 1. The van der Waals surface area contributed by atoms with Crippen LogP contribution in [0, 0.1) is 6.92 Å². The van der Waals surface area contributed by atoms with Crippen LogP contribution < -0.4 is 14.8 Å². The lowest BCUT2D eigenvalue weighted by Crippen LogP contribution is -2.15. The standard InChI is InChI=1S/C16H17NO5S/c1-9-5-6-23-14(9)15(18)17-11-8-13(21-3)12(20-2)7-10(11)16(19)22-4/h5-8H,1-4H3,(H,17,18). The molecule has 1 aromatic heterocycles. The van der Waals surface area contributed by atoms with E-state index in [0.29, 0.717) is 22.1 Å². The highest BCUT2D eigenvalue weighted by Gasteiger charge is 2.20. The third-order valence-corrected chi connectivity index (χ3v) is 4.26. The molecule has 1 N–H and O–H groups in total. The molecule has 1 aromatic carbocycles. The van der Waals surface area contributed by atoms with Crippen molar-refractivity contribution in [1.29, 1.82) is 0 Å². The minimum atomic E-state index is -0.579. The number of hydrogen-bond acceptors (Lipinski definition) is 6. The van der Waals surface area contributed by atoms with Gasteiger partial charge in [0, 0.05) is 12.1 Å². The van der Waals surface area contributed by atoms with Crippen LogP contribution in [0.3, 0.4) is 0 Å². The molecule has 0 saturated carbocycles. The molecule has 0 aliphatic heterocycles. The summed E-state index contributed by atoms with van der Waals surface area (Å²) in [6.07, 6.45) is 0. The van der Waals surface area contributed by atoms with Gasteiger partial charge in [-0.05, 0) is 23.9 Å². The lowest BCUT2D eigenvalue weighted by atomic mass is 10.1. The monoisotopic (exact) mass is 335 g/mol. The molecule has 23 heavy (non-hydrogen) atoms. The number of nitrogens with one attached hydrogen (secondary N) is 1. The maximum atomic E-state index is 12.4. The molecular formula is C16H17NO5S. The number of methoxy groups -OCH3 is 3. The lowest BCUT2D eigenvalue weighted by molar-refractivity contribution is 0.0601. The molecule has 0 bridgehead atoms. The highest BCUT2D eigenvalue weighted by atomic mass is 32.1. The molecule has 0 unspecified atom stereocenters. The van der Waals surface area contributed by atoms with Gasteiger partial charge in [-0.3, -0.25) is 4.79 Å². The van der Waals surface area contributed by atoms with Crippen LogP contribution in [-0.2, 0) is 4.74 Å². The van der Waals surface area contributed by atoms with Gasteiger partial charge in [0.2, 0.25) is 0 Å². The predicted octanol–water partition coefficient (Wildman–Crippen LogP) is 3.11. The van der Waals surface area contributed by atoms with E-state index in [2.05, 4.69) is 5.32 Å². The van der Waals surface area contributed by atoms with E-state index in [1.807, 2.05) is 18.4 Å². The number of benzene rings is 1. The highest BCUT2D eigenvalue weighted by Crippen LogP contribution is 2.34. The second kappa shape index (κ2) is 7.15. The van der Waals surface area contributed by atoms with Gasteiger partial charge in [0.1, 0.15) is 0 Å². The topological polar surface area (TPSA) is 73.9 Å². The zero-order valence-corrected chi connectivity index (χ0v) is 14.1. The van der Waals surface area contributed by atoms with Crippen molar-refractivity contribution < 1.29 is 23.8 Å². The Morgan fingerprint density at radius 3 is 2.26 bits per heavy atom. The molecule has 122 valence electrons. The van der Waals surface area contributed by atoms with Crippen LogP contribution in [-0.4, -0.2) is 33.2 Å². The molecule has 2 rings (SSSR count). The van der Waals surface area contributed by atoms with Crippen molar-refractivity contribution in [2.75, 3.05) is 26.6 Å². The van der Waals surface area contributed by atoms with Crippen molar-refractivity contribution in [3.8, 4) is 11.5 Å². The molecule has 1 amide bonds.